The van der Waals surface area contributed by atoms with Crippen LogP contribution in [0.4, 0.5) is 10.3 Å². The zero-order chi connectivity index (χ0) is 11.4. The average molecular weight is 284 g/mol. The van der Waals surface area contributed by atoms with E-state index >= 15 is 0 Å². The molecular formula is C11H11BrFN3. The van der Waals surface area contributed by atoms with Gasteiger partial charge in [0.2, 0.25) is 5.95 Å². The van der Waals surface area contributed by atoms with Gasteiger partial charge < -0.3 is 5.32 Å². The Hall–Kier alpha value is -1.23. The SMILES string of the molecule is FCCCNc1ncc2cc(Br)ccc2n1. The minimum atomic E-state index is -0.326. The number of halogens is 2. The molecule has 1 aromatic carbocycles. The van der Waals surface area contributed by atoms with E-state index in [-0.39, 0.29) is 6.67 Å². The lowest BCUT2D eigenvalue weighted by Crippen LogP contribution is -2.05. The van der Waals surface area contributed by atoms with Gasteiger partial charge in [0.25, 0.3) is 0 Å². The fourth-order valence-corrected chi connectivity index (χ4v) is 1.74. The molecule has 0 aliphatic heterocycles. The Kier molecular flexibility index (Phi) is 3.66. The van der Waals surface area contributed by atoms with Gasteiger partial charge in [0.05, 0.1) is 12.2 Å². The van der Waals surface area contributed by atoms with Crippen LogP contribution in [-0.4, -0.2) is 23.2 Å². The standard InChI is InChI=1S/C11H11BrFN3/c12-9-2-3-10-8(6-9)7-15-11(16-10)14-5-1-4-13/h2-3,6-7H,1,4-5H2,(H,14,15,16). The highest BCUT2D eigenvalue weighted by atomic mass is 79.9. The molecule has 0 unspecified atom stereocenters. The van der Waals surface area contributed by atoms with Gasteiger partial charge in [0, 0.05) is 22.6 Å². The second-order valence-electron chi connectivity index (χ2n) is 3.37. The minimum absolute atomic E-state index is 0.326. The summed E-state index contributed by atoms with van der Waals surface area (Å²) < 4.78 is 12.9. The first kappa shape index (κ1) is 11.3. The highest BCUT2D eigenvalue weighted by Crippen LogP contribution is 2.18. The summed E-state index contributed by atoms with van der Waals surface area (Å²) in [7, 11) is 0. The predicted octanol–water partition coefficient (Wildman–Crippen LogP) is 3.16. The van der Waals surface area contributed by atoms with Crippen molar-refractivity contribution in [1.29, 1.82) is 0 Å². The Morgan fingerprint density at radius 3 is 3.06 bits per heavy atom. The maximum Gasteiger partial charge on any atom is 0.223 e. The molecule has 0 saturated heterocycles. The second kappa shape index (κ2) is 5.21. The van der Waals surface area contributed by atoms with Crippen LogP contribution in [0.1, 0.15) is 6.42 Å². The molecule has 1 aromatic heterocycles. The highest BCUT2D eigenvalue weighted by Gasteiger charge is 1.99. The van der Waals surface area contributed by atoms with Crippen molar-refractivity contribution in [2.75, 3.05) is 18.5 Å². The molecular weight excluding hydrogens is 273 g/mol. The van der Waals surface area contributed by atoms with Gasteiger partial charge in [-0.2, -0.15) is 0 Å². The van der Waals surface area contributed by atoms with Gasteiger partial charge in [-0.1, -0.05) is 15.9 Å². The third-order valence-corrected chi connectivity index (χ3v) is 2.63. The van der Waals surface area contributed by atoms with Crippen LogP contribution in [0.25, 0.3) is 10.9 Å². The summed E-state index contributed by atoms with van der Waals surface area (Å²) in [6.45, 7) is 0.228. The van der Waals surface area contributed by atoms with Crippen LogP contribution in [0.2, 0.25) is 0 Å². The van der Waals surface area contributed by atoms with Crippen molar-refractivity contribution in [2.45, 2.75) is 6.42 Å². The summed E-state index contributed by atoms with van der Waals surface area (Å²) in [6.07, 6.45) is 2.23. The van der Waals surface area contributed by atoms with Gasteiger partial charge >= 0.3 is 0 Å². The third kappa shape index (κ3) is 2.66. The number of anilines is 1. The van der Waals surface area contributed by atoms with Crippen molar-refractivity contribution in [2.24, 2.45) is 0 Å². The summed E-state index contributed by atoms with van der Waals surface area (Å²) in [4.78, 5) is 8.48. The highest BCUT2D eigenvalue weighted by molar-refractivity contribution is 9.10. The summed E-state index contributed by atoms with van der Waals surface area (Å²) in [5, 5.41) is 3.96. The summed E-state index contributed by atoms with van der Waals surface area (Å²) in [5.41, 5.74) is 0.876. The zero-order valence-corrected chi connectivity index (χ0v) is 10.2. The number of hydrogen-bond donors (Lipinski definition) is 1. The van der Waals surface area contributed by atoms with E-state index in [4.69, 9.17) is 0 Å². The van der Waals surface area contributed by atoms with Gasteiger partial charge in [-0.3, -0.25) is 4.39 Å². The van der Waals surface area contributed by atoms with Crippen LogP contribution < -0.4 is 5.32 Å². The number of benzene rings is 1. The Balaban J connectivity index is 2.20. The van der Waals surface area contributed by atoms with Gasteiger partial charge in [-0.15, -0.1) is 0 Å². The molecule has 0 amide bonds. The molecule has 2 rings (SSSR count). The molecule has 5 heteroatoms. The number of rotatable bonds is 4. The van der Waals surface area contributed by atoms with Gasteiger partial charge in [-0.05, 0) is 24.6 Å². The van der Waals surface area contributed by atoms with Crippen LogP contribution in [0.5, 0.6) is 0 Å². The second-order valence-corrected chi connectivity index (χ2v) is 4.28. The molecule has 2 aromatic rings. The Bertz CT molecular complexity index is 490. The van der Waals surface area contributed by atoms with E-state index < -0.39 is 0 Å². The van der Waals surface area contributed by atoms with E-state index in [1.807, 2.05) is 18.2 Å². The van der Waals surface area contributed by atoms with E-state index in [0.29, 0.717) is 18.9 Å². The molecule has 0 bridgehead atoms. The van der Waals surface area contributed by atoms with Crippen LogP contribution >= 0.6 is 15.9 Å². The molecule has 0 spiro atoms. The smallest absolute Gasteiger partial charge is 0.223 e. The van der Waals surface area contributed by atoms with Crippen molar-refractivity contribution >= 4 is 32.8 Å². The Morgan fingerprint density at radius 1 is 1.38 bits per heavy atom. The minimum Gasteiger partial charge on any atom is -0.354 e. The number of hydrogen-bond acceptors (Lipinski definition) is 3. The average Bonchev–Trinajstić information content (AvgIpc) is 2.29. The van der Waals surface area contributed by atoms with Crippen molar-refractivity contribution in [3.05, 3.63) is 28.9 Å². The molecule has 1 N–H and O–H groups in total. The molecule has 0 atom stereocenters. The molecule has 3 nitrogen and oxygen atoms in total. The van der Waals surface area contributed by atoms with E-state index in [2.05, 4.69) is 31.2 Å². The quantitative estimate of drug-likeness (QED) is 0.876. The normalized spacial score (nSPS) is 10.6. The van der Waals surface area contributed by atoms with Crippen LogP contribution in [0.3, 0.4) is 0 Å². The summed E-state index contributed by atoms with van der Waals surface area (Å²) in [6, 6.07) is 5.81. The number of alkyl halides is 1. The number of fused-ring (bicyclic) bond motifs is 1. The van der Waals surface area contributed by atoms with Crippen LogP contribution in [0.15, 0.2) is 28.9 Å². The van der Waals surface area contributed by atoms with Crippen molar-refractivity contribution in [3.8, 4) is 0 Å². The van der Waals surface area contributed by atoms with Gasteiger partial charge in [0.1, 0.15) is 0 Å². The first-order valence-electron chi connectivity index (χ1n) is 5.02. The van der Waals surface area contributed by atoms with Gasteiger partial charge in [-0.25, -0.2) is 9.97 Å². The molecule has 16 heavy (non-hydrogen) atoms. The number of aromatic nitrogens is 2. The first-order valence-corrected chi connectivity index (χ1v) is 5.81. The monoisotopic (exact) mass is 283 g/mol. The fraction of sp³-hybridized carbons (Fsp3) is 0.273. The molecule has 0 fully saturated rings. The lowest BCUT2D eigenvalue weighted by atomic mass is 10.2. The summed E-state index contributed by atoms with van der Waals surface area (Å²) in [5.74, 6) is 0.545. The van der Waals surface area contributed by atoms with Crippen molar-refractivity contribution < 1.29 is 4.39 Å². The first-order chi connectivity index (χ1) is 7.79. The lowest BCUT2D eigenvalue weighted by molar-refractivity contribution is 0.481. The van der Waals surface area contributed by atoms with Crippen molar-refractivity contribution in [1.82, 2.24) is 9.97 Å². The van der Waals surface area contributed by atoms with E-state index in [1.54, 1.807) is 6.20 Å². The lowest BCUT2D eigenvalue weighted by Gasteiger charge is -2.04. The van der Waals surface area contributed by atoms with E-state index in [0.717, 1.165) is 15.4 Å². The number of nitrogens with zero attached hydrogens (tertiary/aromatic N) is 2. The molecule has 1 heterocycles. The zero-order valence-electron chi connectivity index (χ0n) is 8.58. The fourth-order valence-electron chi connectivity index (χ4n) is 1.36. The largest absolute Gasteiger partial charge is 0.354 e. The number of nitrogens with one attached hydrogen (secondary N) is 1. The van der Waals surface area contributed by atoms with Gasteiger partial charge in [0.15, 0.2) is 0 Å². The topological polar surface area (TPSA) is 37.8 Å². The molecule has 0 aliphatic rings. The van der Waals surface area contributed by atoms with Crippen molar-refractivity contribution in [3.63, 3.8) is 0 Å². The molecule has 0 aliphatic carbocycles. The molecule has 0 saturated carbocycles. The predicted molar refractivity (Wildman–Crippen MR) is 66.3 cm³/mol. The Morgan fingerprint density at radius 2 is 2.25 bits per heavy atom. The van der Waals surface area contributed by atoms with Crippen LogP contribution in [0, 0.1) is 0 Å². The Labute approximate surface area is 101 Å². The van der Waals surface area contributed by atoms with E-state index in [9.17, 15) is 4.39 Å². The maximum absolute atomic E-state index is 11.9. The van der Waals surface area contributed by atoms with Crippen LogP contribution in [-0.2, 0) is 0 Å². The molecule has 0 radical (unpaired) electrons. The van der Waals surface area contributed by atoms with E-state index in [1.165, 1.54) is 0 Å². The molecule has 84 valence electrons. The third-order valence-electron chi connectivity index (χ3n) is 2.14. The summed E-state index contributed by atoms with van der Waals surface area (Å²) >= 11 is 3.39. The maximum atomic E-state index is 11.9.